The first-order valence-corrected chi connectivity index (χ1v) is 8.19. The van der Waals surface area contributed by atoms with Crippen LogP contribution in [0.5, 0.6) is 0 Å². The van der Waals surface area contributed by atoms with Gasteiger partial charge in [0.25, 0.3) is 0 Å². The highest BCUT2D eigenvalue weighted by molar-refractivity contribution is 8.00. The number of thioether (sulfide) groups is 1. The Hall–Kier alpha value is 0.220. The molecule has 0 fully saturated rings. The van der Waals surface area contributed by atoms with E-state index in [9.17, 15) is 8.42 Å². The Morgan fingerprint density at radius 2 is 1.73 bits per heavy atom. The van der Waals surface area contributed by atoms with Gasteiger partial charge < -0.3 is 9.47 Å². The third kappa shape index (κ3) is 10.5. The molecule has 0 aliphatic rings. The minimum atomic E-state index is -2.85. The lowest BCUT2D eigenvalue weighted by atomic mass is 10.7. The van der Waals surface area contributed by atoms with Gasteiger partial charge in [0.05, 0.1) is 5.75 Å². The van der Waals surface area contributed by atoms with Gasteiger partial charge in [0, 0.05) is 31.0 Å². The van der Waals surface area contributed by atoms with Crippen LogP contribution >= 0.6 is 11.8 Å². The summed E-state index contributed by atoms with van der Waals surface area (Å²) in [4.78, 5) is 0. The van der Waals surface area contributed by atoms with Gasteiger partial charge >= 0.3 is 0 Å². The van der Waals surface area contributed by atoms with Crippen LogP contribution in [0, 0.1) is 0 Å². The van der Waals surface area contributed by atoms with Crippen molar-refractivity contribution in [2.75, 3.05) is 36.7 Å². The highest BCUT2D eigenvalue weighted by atomic mass is 32.2. The lowest BCUT2D eigenvalue weighted by Crippen LogP contribution is -2.20. The Kier molecular flexibility index (Phi) is 8.50. The quantitative estimate of drug-likeness (QED) is 0.458. The average molecular weight is 256 g/mol. The van der Waals surface area contributed by atoms with E-state index in [0.29, 0.717) is 24.7 Å². The monoisotopic (exact) mass is 256 g/mol. The first kappa shape index (κ1) is 15.2. The molecule has 4 nitrogen and oxygen atoms in total. The maximum atomic E-state index is 10.9. The van der Waals surface area contributed by atoms with Crippen LogP contribution in [0.2, 0.25) is 0 Å². The zero-order valence-corrected chi connectivity index (χ0v) is 11.2. The SMILES string of the molecule is CCOC(CSCCS(C)(=O)=O)OCC. The highest BCUT2D eigenvalue weighted by Crippen LogP contribution is 2.08. The Bertz CT molecular complexity index is 232. The van der Waals surface area contributed by atoms with E-state index in [0.717, 1.165) is 0 Å². The minimum absolute atomic E-state index is 0.211. The number of hydrogen-bond acceptors (Lipinski definition) is 5. The van der Waals surface area contributed by atoms with Crippen molar-refractivity contribution in [2.24, 2.45) is 0 Å². The van der Waals surface area contributed by atoms with Crippen LogP contribution in [0.25, 0.3) is 0 Å². The molecule has 0 aromatic rings. The molecule has 15 heavy (non-hydrogen) atoms. The molecule has 0 rings (SSSR count). The van der Waals surface area contributed by atoms with Crippen molar-refractivity contribution in [2.45, 2.75) is 20.1 Å². The Morgan fingerprint density at radius 1 is 1.20 bits per heavy atom. The van der Waals surface area contributed by atoms with Gasteiger partial charge in [-0.05, 0) is 13.8 Å². The molecule has 0 aliphatic carbocycles. The van der Waals surface area contributed by atoms with Crippen molar-refractivity contribution in [1.82, 2.24) is 0 Å². The second-order valence-corrected chi connectivity index (χ2v) is 6.45. The molecule has 0 unspecified atom stereocenters. The first-order chi connectivity index (χ1) is 6.99. The summed E-state index contributed by atoms with van der Waals surface area (Å²) in [6, 6.07) is 0. The molecule has 0 heterocycles. The molecule has 0 aliphatic heterocycles. The fraction of sp³-hybridized carbons (Fsp3) is 1.00. The van der Waals surface area contributed by atoms with Gasteiger partial charge in [0.2, 0.25) is 0 Å². The second-order valence-electron chi connectivity index (χ2n) is 3.05. The zero-order chi connectivity index (χ0) is 11.7. The normalized spacial score (nSPS) is 12.3. The van der Waals surface area contributed by atoms with Crippen molar-refractivity contribution in [1.29, 1.82) is 0 Å². The molecule has 92 valence electrons. The Labute approximate surface area is 96.6 Å². The number of sulfone groups is 1. The van der Waals surface area contributed by atoms with Crippen LogP contribution in [0.4, 0.5) is 0 Å². The summed E-state index contributed by atoms with van der Waals surface area (Å²) >= 11 is 1.54. The van der Waals surface area contributed by atoms with E-state index in [-0.39, 0.29) is 12.0 Å². The maximum absolute atomic E-state index is 10.9. The van der Waals surface area contributed by atoms with Crippen LogP contribution in [0.15, 0.2) is 0 Å². The fourth-order valence-electron chi connectivity index (χ4n) is 0.906. The molecule has 0 N–H and O–H groups in total. The van der Waals surface area contributed by atoms with Gasteiger partial charge in [0.15, 0.2) is 6.29 Å². The third-order valence-corrected chi connectivity index (χ3v) is 3.76. The van der Waals surface area contributed by atoms with Gasteiger partial charge in [-0.3, -0.25) is 0 Å². The van der Waals surface area contributed by atoms with Gasteiger partial charge in [0.1, 0.15) is 9.84 Å². The first-order valence-electron chi connectivity index (χ1n) is 4.98. The lowest BCUT2D eigenvalue weighted by molar-refractivity contribution is -0.120. The predicted octanol–water partition coefficient (Wildman–Crippen LogP) is 1.16. The summed E-state index contributed by atoms with van der Waals surface area (Å²) in [7, 11) is -2.85. The van der Waals surface area contributed by atoms with E-state index >= 15 is 0 Å². The molecule has 0 radical (unpaired) electrons. The molecule has 0 atom stereocenters. The largest absolute Gasteiger partial charge is 0.352 e. The summed E-state index contributed by atoms with van der Waals surface area (Å²) in [5.41, 5.74) is 0. The molecular weight excluding hydrogens is 236 g/mol. The van der Waals surface area contributed by atoms with E-state index in [4.69, 9.17) is 9.47 Å². The summed E-state index contributed by atoms with van der Waals surface area (Å²) in [6.07, 6.45) is 1.03. The second kappa shape index (κ2) is 8.38. The molecule has 0 aromatic heterocycles. The van der Waals surface area contributed by atoms with Crippen LogP contribution in [0.1, 0.15) is 13.8 Å². The van der Waals surface area contributed by atoms with Crippen LogP contribution < -0.4 is 0 Å². The molecule has 0 amide bonds. The highest BCUT2D eigenvalue weighted by Gasteiger charge is 2.08. The van der Waals surface area contributed by atoms with E-state index in [1.165, 1.54) is 18.0 Å². The smallest absolute Gasteiger partial charge is 0.166 e. The molecular formula is C9H20O4S2. The van der Waals surface area contributed by atoms with Crippen LogP contribution in [-0.4, -0.2) is 51.4 Å². The Balaban J connectivity index is 3.61. The standard InChI is InChI=1S/C9H20O4S2/c1-4-12-9(13-5-2)8-14-6-7-15(3,10)11/h9H,4-8H2,1-3H3. The van der Waals surface area contributed by atoms with Crippen LogP contribution in [0.3, 0.4) is 0 Å². The van der Waals surface area contributed by atoms with E-state index in [1.807, 2.05) is 13.8 Å². The van der Waals surface area contributed by atoms with E-state index < -0.39 is 9.84 Å². The number of hydrogen-bond donors (Lipinski definition) is 0. The minimum Gasteiger partial charge on any atom is -0.352 e. The van der Waals surface area contributed by atoms with Gasteiger partial charge in [-0.1, -0.05) is 0 Å². The molecule has 0 saturated carbocycles. The average Bonchev–Trinajstić information content (AvgIpc) is 2.11. The van der Waals surface area contributed by atoms with Crippen molar-refractivity contribution in [3.05, 3.63) is 0 Å². The summed E-state index contributed by atoms with van der Waals surface area (Å²) in [5.74, 6) is 1.48. The summed E-state index contributed by atoms with van der Waals surface area (Å²) in [6.45, 7) is 5.04. The third-order valence-electron chi connectivity index (χ3n) is 1.56. The zero-order valence-electron chi connectivity index (χ0n) is 9.56. The number of rotatable bonds is 9. The van der Waals surface area contributed by atoms with Crippen molar-refractivity contribution < 1.29 is 17.9 Å². The van der Waals surface area contributed by atoms with Gasteiger partial charge in [-0.15, -0.1) is 0 Å². The maximum Gasteiger partial charge on any atom is 0.166 e. The topological polar surface area (TPSA) is 52.6 Å². The predicted molar refractivity (Wildman–Crippen MR) is 64.1 cm³/mol. The van der Waals surface area contributed by atoms with Crippen molar-refractivity contribution >= 4 is 21.6 Å². The summed E-state index contributed by atoms with van der Waals surface area (Å²) in [5, 5.41) is 0. The molecule has 0 spiro atoms. The molecule has 6 heteroatoms. The molecule has 0 bridgehead atoms. The van der Waals surface area contributed by atoms with Crippen molar-refractivity contribution in [3.63, 3.8) is 0 Å². The molecule has 0 aromatic carbocycles. The van der Waals surface area contributed by atoms with Crippen molar-refractivity contribution in [3.8, 4) is 0 Å². The van der Waals surface area contributed by atoms with Gasteiger partial charge in [-0.2, -0.15) is 11.8 Å². The summed E-state index contributed by atoms with van der Waals surface area (Å²) < 4.78 is 32.3. The van der Waals surface area contributed by atoms with E-state index in [2.05, 4.69) is 0 Å². The van der Waals surface area contributed by atoms with Gasteiger partial charge in [-0.25, -0.2) is 8.42 Å². The van der Waals surface area contributed by atoms with Crippen LogP contribution in [-0.2, 0) is 19.3 Å². The lowest BCUT2D eigenvalue weighted by Gasteiger charge is -2.16. The molecule has 0 saturated heterocycles. The van der Waals surface area contributed by atoms with E-state index in [1.54, 1.807) is 0 Å². The fourth-order valence-corrected chi connectivity index (χ4v) is 3.14. The number of ether oxygens (including phenoxy) is 2. The Morgan fingerprint density at radius 3 is 2.13 bits per heavy atom.